The first-order valence-corrected chi connectivity index (χ1v) is 8.17. The molecule has 2 aromatic carbocycles. The van der Waals surface area contributed by atoms with Crippen LogP contribution in [0.15, 0.2) is 45.7 Å². The Morgan fingerprint density at radius 2 is 2.13 bits per heavy atom. The highest BCUT2D eigenvalue weighted by Gasteiger charge is 2.20. The van der Waals surface area contributed by atoms with Gasteiger partial charge in [-0.05, 0) is 18.2 Å². The molecule has 4 nitrogen and oxygen atoms in total. The summed E-state index contributed by atoms with van der Waals surface area (Å²) in [6.07, 6.45) is 0. The Kier molecular flexibility index (Phi) is 5.05. The molecule has 1 aliphatic rings. The molecule has 0 fully saturated rings. The maximum Gasteiger partial charge on any atom is 0.208 e. The highest BCUT2D eigenvalue weighted by atomic mass is 35.5. The lowest BCUT2D eigenvalue weighted by Crippen LogP contribution is -2.34. The van der Waals surface area contributed by atoms with Crippen molar-refractivity contribution in [3.05, 3.63) is 47.2 Å². The second-order valence-corrected chi connectivity index (χ2v) is 6.09. The van der Waals surface area contributed by atoms with Crippen molar-refractivity contribution in [2.45, 2.75) is 4.90 Å². The van der Waals surface area contributed by atoms with E-state index < -0.39 is 0 Å². The minimum atomic E-state index is -0.320. The number of nitrogens with zero attached hydrogens (tertiary/aromatic N) is 1. The van der Waals surface area contributed by atoms with Crippen molar-refractivity contribution in [2.24, 2.45) is 4.40 Å². The van der Waals surface area contributed by atoms with E-state index in [-0.39, 0.29) is 5.82 Å². The van der Waals surface area contributed by atoms with Crippen LogP contribution in [0.3, 0.4) is 0 Å². The third-order valence-corrected chi connectivity index (χ3v) is 4.43. The van der Waals surface area contributed by atoms with Crippen LogP contribution in [0.5, 0.6) is 0 Å². The third kappa shape index (κ3) is 3.60. The highest BCUT2D eigenvalue weighted by Crippen LogP contribution is 2.42. The van der Waals surface area contributed by atoms with Gasteiger partial charge in [-0.3, -0.25) is 0 Å². The maximum absolute atomic E-state index is 14.0. The van der Waals surface area contributed by atoms with Gasteiger partial charge in [0.2, 0.25) is 5.96 Å². The summed E-state index contributed by atoms with van der Waals surface area (Å²) in [5.41, 5.74) is 2.27. The molecule has 0 radical (unpaired) electrons. The quantitative estimate of drug-likeness (QED) is 0.641. The average Bonchev–Trinajstić information content (AvgIpc) is 2.55. The van der Waals surface area contributed by atoms with Crippen molar-refractivity contribution < 1.29 is 9.13 Å². The lowest BCUT2D eigenvalue weighted by molar-refractivity contribution is 0.204. The van der Waals surface area contributed by atoms with Gasteiger partial charge in [-0.2, -0.15) is 4.40 Å². The second kappa shape index (κ2) is 7.21. The largest absolute Gasteiger partial charge is 0.383 e. The molecule has 0 bridgehead atoms. The summed E-state index contributed by atoms with van der Waals surface area (Å²) < 4.78 is 23.3. The van der Waals surface area contributed by atoms with Crippen LogP contribution in [0, 0.1) is 5.82 Å². The number of hydrogen-bond donors (Lipinski definition) is 2. The Bertz CT molecular complexity index is 754. The van der Waals surface area contributed by atoms with Crippen LogP contribution in [0.4, 0.5) is 10.1 Å². The van der Waals surface area contributed by atoms with E-state index in [4.69, 9.17) is 16.3 Å². The fraction of sp³-hybridized carbons (Fsp3) is 0.188. The summed E-state index contributed by atoms with van der Waals surface area (Å²) in [5, 5.41) is 6.92. The molecule has 0 spiro atoms. The van der Waals surface area contributed by atoms with E-state index in [2.05, 4.69) is 15.0 Å². The summed E-state index contributed by atoms with van der Waals surface area (Å²) in [7, 11) is 1.64. The monoisotopic (exact) mass is 351 g/mol. The van der Waals surface area contributed by atoms with Crippen LogP contribution in [-0.4, -0.2) is 26.2 Å². The van der Waals surface area contributed by atoms with Crippen molar-refractivity contribution in [2.75, 3.05) is 25.6 Å². The lowest BCUT2D eigenvalue weighted by Gasteiger charge is -2.22. The van der Waals surface area contributed by atoms with Crippen LogP contribution < -0.4 is 10.6 Å². The fourth-order valence-electron chi connectivity index (χ4n) is 2.26. The summed E-state index contributed by atoms with van der Waals surface area (Å²) >= 11 is 7.50. The standard InChI is InChI=1S/C16H15ClFN3OS/c1-22-7-6-19-16-20-15-12(11-4-2-3-5-13(11)17)8-10(18)9-14(15)23-21-16/h2-5,8-9H,6-7H2,1H3,(H2,19,20,21). The molecule has 1 heterocycles. The SMILES string of the molecule is COCCNC1=NSc2cc(F)cc(-c3ccccc3Cl)c2N1. The van der Waals surface area contributed by atoms with Gasteiger partial charge in [0.15, 0.2) is 0 Å². The van der Waals surface area contributed by atoms with Crippen LogP contribution in [0.2, 0.25) is 5.02 Å². The van der Waals surface area contributed by atoms with Gasteiger partial charge >= 0.3 is 0 Å². The zero-order valence-corrected chi connectivity index (χ0v) is 14.0. The summed E-state index contributed by atoms with van der Waals surface area (Å²) in [6.45, 7) is 1.19. The molecule has 0 amide bonds. The Morgan fingerprint density at radius 3 is 2.91 bits per heavy atom. The van der Waals surface area contributed by atoms with Crippen LogP contribution in [0.25, 0.3) is 11.1 Å². The fourth-order valence-corrected chi connectivity index (χ4v) is 3.21. The van der Waals surface area contributed by atoms with Crippen molar-refractivity contribution in [1.29, 1.82) is 0 Å². The van der Waals surface area contributed by atoms with E-state index in [1.165, 1.54) is 24.1 Å². The van der Waals surface area contributed by atoms with Gasteiger partial charge in [0.1, 0.15) is 5.82 Å². The molecule has 120 valence electrons. The first-order chi connectivity index (χ1) is 11.2. The molecule has 0 aromatic heterocycles. The number of anilines is 1. The average molecular weight is 352 g/mol. The first kappa shape index (κ1) is 16.1. The number of benzene rings is 2. The smallest absolute Gasteiger partial charge is 0.208 e. The minimum absolute atomic E-state index is 0.320. The zero-order valence-electron chi connectivity index (χ0n) is 12.4. The molecule has 7 heteroatoms. The molecule has 0 aliphatic carbocycles. The van der Waals surface area contributed by atoms with Gasteiger partial charge in [-0.25, -0.2) is 4.39 Å². The third-order valence-electron chi connectivity index (χ3n) is 3.31. The van der Waals surface area contributed by atoms with E-state index >= 15 is 0 Å². The molecule has 1 aliphatic heterocycles. The number of halogens is 2. The molecule has 0 atom stereocenters. The second-order valence-electron chi connectivity index (χ2n) is 4.88. The normalized spacial score (nSPS) is 13.1. The predicted molar refractivity (Wildman–Crippen MR) is 93.6 cm³/mol. The summed E-state index contributed by atoms with van der Waals surface area (Å²) in [6, 6.07) is 10.3. The molecule has 0 saturated carbocycles. The van der Waals surface area contributed by atoms with E-state index in [1.807, 2.05) is 18.2 Å². The van der Waals surface area contributed by atoms with Crippen molar-refractivity contribution in [1.82, 2.24) is 5.32 Å². The van der Waals surface area contributed by atoms with Crippen molar-refractivity contribution in [3.63, 3.8) is 0 Å². The Hall–Kier alpha value is -1.76. The number of fused-ring (bicyclic) bond motifs is 1. The van der Waals surface area contributed by atoms with Gasteiger partial charge in [0, 0.05) is 41.8 Å². The van der Waals surface area contributed by atoms with Crippen LogP contribution in [0.1, 0.15) is 0 Å². The highest BCUT2D eigenvalue weighted by molar-refractivity contribution is 7.98. The van der Waals surface area contributed by atoms with Gasteiger partial charge in [0.05, 0.1) is 17.2 Å². The number of hydrogen-bond acceptors (Lipinski definition) is 5. The maximum atomic E-state index is 14.0. The van der Waals surface area contributed by atoms with Crippen LogP contribution in [-0.2, 0) is 4.74 Å². The number of ether oxygens (including phenoxy) is 1. The molecule has 0 saturated heterocycles. The van der Waals surface area contributed by atoms with E-state index in [0.717, 1.165) is 16.1 Å². The number of methoxy groups -OCH3 is 1. The van der Waals surface area contributed by atoms with Gasteiger partial charge < -0.3 is 15.4 Å². The van der Waals surface area contributed by atoms with Crippen molar-refractivity contribution in [3.8, 4) is 11.1 Å². The van der Waals surface area contributed by atoms with E-state index in [0.29, 0.717) is 29.7 Å². The van der Waals surface area contributed by atoms with Gasteiger partial charge in [-0.1, -0.05) is 29.8 Å². The topological polar surface area (TPSA) is 45.6 Å². The Morgan fingerprint density at radius 1 is 1.30 bits per heavy atom. The number of nitrogens with one attached hydrogen (secondary N) is 2. The zero-order chi connectivity index (χ0) is 16.2. The first-order valence-electron chi connectivity index (χ1n) is 7.02. The van der Waals surface area contributed by atoms with Crippen molar-refractivity contribution >= 4 is 35.2 Å². The Labute approximate surface area is 143 Å². The van der Waals surface area contributed by atoms with E-state index in [1.54, 1.807) is 13.2 Å². The van der Waals surface area contributed by atoms with Gasteiger partial charge in [0.25, 0.3) is 0 Å². The van der Waals surface area contributed by atoms with Gasteiger partial charge in [-0.15, -0.1) is 0 Å². The predicted octanol–water partition coefficient (Wildman–Crippen LogP) is 4.17. The summed E-state index contributed by atoms with van der Waals surface area (Å²) in [4.78, 5) is 0.720. The molecule has 0 unspecified atom stereocenters. The van der Waals surface area contributed by atoms with E-state index in [9.17, 15) is 4.39 Å². The summed E-state index contributed by atoms with van der Waals surface area (Å²) in [5.74, 6) is 0.290. The lowest BCUT2D eigenvalue weighted by atomic mass is 10.0. The number of guanidine groups is 1. The molecular formula is C16H15ClFN3OS. The molecule has 2 N–H and O–H groups in total. The Balaban J connectivity index is 1.95. The molecular weight excluding hydrogens is 337 g/mol. The van der Waals surface area contributed by atoms with Crippen LogP contribution >= 0.6 is 23.5 Å². The molecule has 2 aromatic rings. The molecule has 3 rings (SSSR count). The molecule has 23 heavy (non-hydrogen) atoms. The number of rotatable bonds is 4. The minimum Gasteiger partial charge on any atom is -0.383 e.